The predicted octanol–water partition coefficient (Wildman–Crippen LogP) is 0.304. The SMILES string of the molecule is CS(=O)(=O)c1ccc(N2Cc3cccnc3C2)c(/C(N)=N/N=N)c1S(N)(=O)=O. The smallest absolute Gasteiger partial charge is 0.240 e. The molecule has 0 radical (unpaired) electrons. The minimum Gasteiger partial charge on any atom is -0.382 e. The summed E-state index contributed by atoms with van der Waals surface area (Å²) in [5.41, 5.74) is 14.6. The summed E-state index contributed by atoms with van der Waals surface area (Å²) in [4.78, 5) is 4.86. The molecule has 5 N–H and O–H groups in total. The summed E-state index contributed by atoms with van der Waals surface area (Å²) in [5.74, 6) is -0.441. The zero-order chi connectivity index (χ0) is 20.7. The molecule has 148 valence electrons. The Morgan fingerprint density at radius 3 is 2.50 bits per heavy atom. The lowest BCUT2D eigenvalue weighted by Gasteiger charge is -2.23. The molecule has 0 bridgehead atoms. The molecule has 0 spiro atoms. The van der Waals surface area contributed by atoms with E-state index in [9.17, 15) is 16.8 Å². The molecule has 0 aliphatic carbocycles. The Bertz CT molecular complexity index is 1180. The van der Waals surface area contributed by atoms with E-state index < -0.39 is 35.5 Å². The Labute approximate surface area is 161 Å². The van der Waals surface area contributed by atoms with Gasteiger partial charge in [-0.05, 0) is 23.8 Å². The quantitative estimate of drug-likeness (QED) is 0.267. The fourth-order valence-electron chi connectivity index (χ4n) is 3.11. The van der Waals surface area contributed by atoms with Crippen LogP contribution in [0.2, 0.25) is 0 Å². The minimum atomic E-state index is -4.52. The van der Waals surface area contributed by atoms with E-state index in [-0.39, 0.29) is 5.56 Å². The molecule has 1 aliphatic rings. The van der Waals surface area contributed by atoms with Gasteiger partial charge in [-0.1, -0.05) is 11.3 Å². The van der Waals surface area contributed by atoms with Crippen LogP contribution in [0, 0.1) is 5.53 Å². The Morgan fingerprint density at radius 1 is 1.21 bits per heavy atom. The van der Waals surface area contributed by atoms with Crippen LogP contribution in [0.5, 0.6) is 0 Å². The number of primary sulfonamides is 1. The summed E-state index contributed by atoms with van der Waals surface area (Å²) in [6, 6.07) is 6.25. The molecule has 1 aliphatic heterocycles. The largest absolute Gasteiger partial charge is 0.382 e. The van der Waals surface area contributed by atoms with Crippen molar-refractivity contribution in [2.75, 3.05) is 11.2 Å². The molecule has 1 aromatic heterocycles. The molecule has 0 unspecified atom stereocenters. The van der Waals surface area contributed by atoms with Gasteiger partial charge in [0.25, 0.3) is 0 Å². The molecule has 13 heteroatoms. The molecule has 2 aromatic rings. The average molecular weight is 423 g/mol. The van der Waals surface area contributed by atoms with Gasteiger partial charge in [0, 0.05) is 24.7 Å². The van der Waals surface area contributed by atoms with Crippen molar-refractivity contribution < 1.29 is 16.8 Å². The van der Waals surface area contributed by atoms with Crippen LogP contribution in [-0.4, -0.2) is 33.9 Å². The summed E-state index contributed by atoms with van der Waals surface area (Å²) < 4.78 is 48.9. The van der Waals surface area contributed by atoms with Crippen LogP contribution in [0.25, 0.3) is 0 Å². The number of aromatic nitrogens is 1. The van der Waals surface area contributed by atoms with Crippen molar-refractivity contribution in [3.8, 4) is 0 Å². The van der Waals surface area contributed by atoms with E-state index in [1.807, 2.05) is 6.07 Å². The third-order valence-corrected chi connectivity index (χ3v) is 6.49. The Hall–Kier alpha value is -2.90. The molecule has 2 heterocycles. The molecule has 1 aromatic carbocycles. The number of nitrogens with two attached hydrogens (primary N) is 2. The molecule has 0 saturated heterocycles. The van der Waals surface area contributed by atoms with Crippen molar-refractivity contribution in [3.05, 3.63) is 47.3 Å². The van der Waals surface area contributed by atoms with E-state index >= 15 is 0 Å². The van der Waals surface area contributed by atoms with Crippen molar-refractivity contribution in [1.29, 1.82) is 5.53 Å². The molecule has 0 amide bonds. The van der Waals surface area contributed by atoms with Gasteiger partial charge in [0.1, 0.15) is 4.90 Å². The maximum atomic E-state index is 12.3. The van der Waals surface area contributed by atoms with Crippen LogP contribution in [0.4, 0.5) is 5.69 Å². The summed E-state index contributed by atoms with van der Waals surface area (Å²) in [7, 11) is -8.47. The number of sulfone groups is 1. The molecule has 0 atom stereocenters. The van der Waals surface area contributed by atoms with E-state index in [4.69, 9.17) is 16.4 Å². The Kier molecular flexibility index (Phi) is 4.91. The number of amidine groups is 1. The lowest BCUT2D eigenvalue weighted by Crippen LogP contribution is -2.28. The van der Waals surface area contributed by atoms with Crippen LogP contribution >= 0.6 is 0 Å². The number of hydrogen-bond acceptors (Lipinski definition) is 8. The Balaban J connectivity index is 2.33. The molecule has 11 nitrogen and oxygen atoms in total. The van der Waals surface area contributed by atoms with E-state index in [1.165, 1.54) is 6.07 Å². The number of pyridine rings is 1. The number of fused-ring (bicyclic) bond motifs is 1. The zero-order valence-electron chi connectivity index (χ0n) is 14.7. The van der Waals surface area contributed by atoms with Gasteiger partial charge >= 0.3 is 0 Å². The van der Waals surface area contributed by atoms with Gasteiger partial charge < -0.3 is 10.6 Å². The topological polar surface area (TPSA) is 185 Å². The zero-order valence-corrected chi connectivity index (χ0v) is 16.3. The van der Waals surface area contributed by atoms with E-state index in [2.05, 4.69) is 15.3 Å². The average Bonchev–Trinajstić information content (AvgIpc) is 3.03. The number of sulfonamides is 1. The van der Waals surface area contributed by atoms with Gasteiger partial charge in [-0.2, -0.15) is 5.53 Å². The van der Waals surface area contributed by atoms with Crippen LogP contribution in [0.1, 0.15) is 16.8 Å². The summed E-state index contributed by atoms with van der Waals surface area (Å²) in [6.45, 7) is 0.737. The highest BCUT2D eigenvalue weighted by Crippen LogP contribution is 2.36. The monoisotopic (exact) mass is 423 g/mol. The first-order valence-corrected chi connectivity index (χ1v) is 11.3. The molecule has 3 rings (SSSR count). The second kappa shape index (κ2) is 6.92. The highest BCUT2D eigenvalue weighted by Gasteiger charge is 2.32. The van der Waals surface area contributed by atoms with Gasteiger partial charge in [-0.3, -0.25) is 4.98 Å². The van der Waals surface area contributed by atoms with Crippen LogP contribution in [-0.2, 0) is 33.0 Å². The fourth-order valence-corrected chi connectivity index (χ4v) is 5.51. The van der Waals surface area contributed by atoms with Crippen molar-refractivity contribution in [1.82, 2.24) is 4.98 Å². The molecular weight excluding hydrogens is 406 g/mol. The van der Waals surface area contributed by atoms with E-state index in [0.717, 1.165) is 23.6 Å². The van der Waals surface area contributed by atoms with E-state index in [0.29, 0.717) is 18.8 Å². The molecule has 0 saturated carbocycles. The highest BCUT2D eigenvalue weighted by molar-refractivity contribution is 7.93. The number of hydrogen-bond donors (Lipinski definition) is 3. The highest BCUT2D eigenvalue weighted by atomic mass is 32.2. The predicted molar refractivity (Wildman–Crippen MR) is 101 cm³/mol. The summed E-state index contributed by atoms with van der Waals surface area (Å²) in [6.07, 6.45) is 2.50. The molecule has 28 heavy (non-hydrogen) atoms. The first-order chi connectivity index (χ1) is 13.0. The first kappa shape index (κ1) is 19.9. The maximum Gasteiger partial charge on any atom is 0.240 e. The molecular formula is C15H17N7O4S2. The second-order valence-corrected chi connectivity index (χ2v) is 9.64. The maximum absolute atomic E-state index is 12.3. The minimum absolute atomic E-state index is 0.214. The molecule has 0 fully saturated rings. The van der Waals surface area contributed by atoms with Crippen LogP contribution in [0.15, 0.2) is 50.6 Å². The van der Waals surface area contributed by atoms with Gasteiger partial charge in [-0.15, -0.1) is 5.10 Å². The van der Waals surface area contributed by atoms with Crippen molar-refractivity contribution in [2.45, 2.75) is 22.9 Å². The number of anilines is 1. The second-order valence-electron chi connectivity index (χ2n) is 6.15. The number of benzene rings is 1. The lowest BCUT2D eigenvalue weighted by molar-refractivity contribution is 0.586. The fraction of sp³-hybridized carbons (Fsp3) is 0.200. The first-order valence-electron chi connectivity index (χ1n) is 7.82. The third kappa shape index (κ3) is 3.58. The van der Waals surface area contributed by atoms with Crippen molar-refractivity contribution >= 4 is 31.4 Å². The third-order valence-electron chi connectivity index (χ3n) is 4.22. The van der Waals surface area contributed by atoms with Gasteiger partial charge in [0.15, 0.2) is 15.7 Å². The van der Waals surface area contributed by atoms with Crippen molar-refractivity contribution in [2.24, 2.45) is 21.2 Å². The Morgan fingerprint density at radius 2 is 1.93 bits per heavy atom. The number of rotatable bonds is 5. The van der Waals surface area contributed by atoms with Gasteiger partial charge in [-0.25, -0.2) is 22.0 Å². The standard InChI is InChI=1S/C15H17N7O4S2/c1-27(23,24)12-5-4-11(22-7-9-3-2-6-19-10(9)8-22)13(15(16)20-21-17)14(12)28(18,25)26/h2-6H,7-8H2,1H3,(H3,16,17,20)(H2,18,25,26). The van der Waals surface area contributed by atoms with Gasteiger partial charge in [0.05, 0.1) is 22.7 Å². The van der Waals surface area contributed by atoms with Crippen LogP contribution < -0.4 is 15.8 Å². The number of nitrogens with zero attached hydrogens (tertiary/aromatic N) is 4. The lowest BCUT2D eigenvalue weighted by atomic mass is 10.1. The van der Waals surface area contributed by atoms with Crippen molar-refractivity contribution in [3.63, 3.8) is 0 Å². The normalized spacial score (nSPS) is 14.8. The van der Waals surface area contributed by atoms with Gasteiger partial charge in [0.2, 0.25) is 10.0 Å². The van der Waals surface area contributed by atoms with E-state index in [1.54, 1.807) is 17.2 Å². The summed E-state index contributed by atoms with van der Waals surface area (Å²) in [5, 5.41) is 11.6. The van der Waals surface area contributed by atoms with Crippen LogP contribution in [0.3, 0.4) is 0 Å². The number of nitrogens with one attached hydrogen (secondary N) is 1. The summed E-state index contributed by atoms with van der Waals surface area (Å²) >= 11 is 0.